The minimum Gasteiger partial charge on any atom is -0.492 e. The molecule has 1 aromatic heterocycles. The standard InChI is InChI=1S/C23H24F2N4O3.C2HF3O2/c1-28-21(6-7-26-28)19-15-17(27-23(30)18-4-2-16(24)14-20(18)25)3-5-22(19)32-13-10-29-8-11-31-12-9-29;3-2(4,5)1(6)7/h2-7,14-15H,8-13H2,1H3,(H,27,30);(H,6,7). The van der Waals surface area contributed by atoms with Crippen molar-refractivity contribution >= 4 is 17.6 Å². The summed E-state index contributed by atoms with van der Waals surface area (Å²) in [5, 5.41) is 14.0. The van der Waals surface area contributed by atoms with Crippen molar-refractivity contribution in [2.24, 2.45) is 7.05 Å². The van der Waals surface area contributed by atoms with Gasteiger partial charge in [-0.25, -0.2) is 13.6 Å². The van der Waals surface area contributed by atoms with Crippen molar-refractivity contribution in [2.75, 3.05) is 44.8 Å². The third-order valence-corrected chi connectivity index (χ3v) is 5.52. The number of aliphatic carboxylic acids is 1. The minimum absolute atomic E-state index is 0.237. The summed E-state index contributed by atoms with van der Waals surface area (Å²) in [5.41, 5.74) is 1.76. The van der Waals surface area contributed by atoms with Gasteiger partial charge in [-0.2, -0.15) is 18.3 Å². The van der Waals surface area contributed by atoms with Gasteiger partial charge in [0.15, 0.2) is 0 Å². The Morgan fingerprint density at radius 3 is 2.38 bits per heavy atom. The van der Waals surface area contributed by atoms with Gasteiger partial charge in [0, 0.05) is 50.2 Å². The molecule has 3 aromatic rings. The van der Waals surface area contributed by atoms with E-state index in [0.29, 0.717) is 24.1 Å². The number of nitrogens with zero attached hydrogens (tertiary/aromatic N) is 3. The third kappa shape index (κ3) is 8.48. The van der Waals surface area contributed by atoms with Crippen molar-refractivity contribution in [3.05, 3.63) is 65.9 Å². The van der Waals surface area contributed by atoms with Gasteiger partial charge >= 0.3 is 12.1 Å². The molecular formula is C25H25F5N4O5. The predicted octanol–water partition coefficient (Wildman–Crippen LogP) is 3.96. The van der Waals surface area contributed by atoms with Crippen molar-refractivity contribution in [3.8, 4) is 17.0 Å². The summed E-state index contributed by atoms with van der Waals surface area (Å²) in [4.78, 5) is 23.7. The molecule has 2 heterocycles. The lowest BCUT2D eigenvalue weighted by Crippen LogP contribution is -2.38. The molecule has 0 spiro atoms. The molecule has 1 aliphatic heterocycles. The predicted molar refractivity (Wildman–Crippen MR) is 129 cm³/mol. The molecule has 9 nitrogen and oxygen atoms in total. The van der Waals surface area contributed by atoms with Crippen LogP contribution in [0.3, 0.4) is 0 Å². The van der Waals surface area contributed by atoms with E-state index in [0.717, 1.165) is 56.2 Å². The van der Waals surface area contributed by atoms with Gasteiger partial charge in [-0.15, -0.1) is 0 Å². The molecule has 0 saturated carbocycles. The molecule has 1 amide bonds. The molecule has 14 heteroatoms. The number of aromatic nitrogens is 2. The van der Waals surface area contributed by atoms with Crippen LogP contribution >= 0.6 is 0 Å². The quantitative estimate of drug-likeness (QED) is 0.425. The second-order valence-electron chi connectivity index (χ2n) is 8.23. The van der Waals surface area contributed by atoms with E-state index >= 15 is 0 Å². The van der Waals surface area contributed by atoms with Crippen LogP contribution in [0.15, 0.2) is 48.7 Å². The summed E-state index contributed by atoms with van der Waals surface area (Å²) < 4.78 is 72.0. The van der Waals surface area contributed by atoms with Crippen LogP contribution in [0.4, 0.5) is 27.6 Å². The van der Waals surface area contributed by atoms with Crippen LogP contribution in [-0.2, 0) is 16.6 Å². The summed E-state index contributed by atoms with van der Waals surface area (Å²) in [7, 11) is 1.81. The number of hydrogen-bond donors (Lipinski definition) is 2. The van der Waals surface area contributed by atoms with Gasteiger partial charge in [-0.3, -0.25) is 14.4 Å². The maximum absolute atomic E-state index is 14.0. The highest BCUT2D eigenvalue weighted by Crippen LogP contribution is 2.32. The van der Waals surface area contributed by atoms with E-state index in [4.69, 9.17) is 19.4 Å². The smallest absolute Gasteiger partial charge is 0.490 e. The molecule has 0 aliphatic carbocycles. The number of carbonyl (C=O) groups excluding carboxylic acids is 1. The van der Waals surface area contributed by atoms with E-state index in [1.165, 1.54) is 0 Å². The Morgan fingerprint density at radius 1 is 1.10 bits per heavy atom. The monoisotopic (exact) mass is 556 g/mol. The number of ether oxygens (including phenoxy) is 2. The first-order chi connectivity index (χ1) is 18.5. The number of nitrogens with one attached hydrogen (secondary N) is 1. The molecule has 210 valence electrons. The third-order valence-electron chi connectivity index (χ3n) is 5.52. The van der Waals surface area contributed by atoms with Crippen molar-refractivity contribution in [1.29, 1.82) is 0 Å². The van der Waals surface area contributed by atoms with Crippen molar-refractivity contribution in [3.63, 3.8) is 0 Å². The number of alkyl halides is 3. The topological polar surface area (TPSA) is 106 Å². The van der Waals surface area contributed by atoms with Crippen molar-refractivity contribution in [1.82, 2.24) is 14.7 Å². The molecule has 0 radical (unpaired) electrons. The molecule has 2 aromatic carbocycles. The lowest BCUT2D eigenvalue weighted by Gasteiger charge is -2.26. The zero-order valence-corrected chi connectivity index (χ0v) is 20.7. The Balaban J connectivity index is 0.000000532. The van der Waals surface area contributed by atoms with Crippen LogP contribution < -0.4 is 10.1 Å². The van der Waals surface area contributed by atoms with E-state index in [9.17, 15) is 26.7 Å². The van der Waals surface area contributed by atoms with Crippen LogP contribution in [0.5, 0.6) is 5.75 Å². The number of carboxylic acid groups (broad SMARTS) is 1. The van der Waals surface area contributed by atoms with Crippen LogP contribution in [-0.4, -0.2) is 77.3 Å². The van der Waals surface area contributed by atoms with Gasteiger partial charge < -0.3 is 19.9 Å². The van der Waals surface area contributed by atoms with Gasteiger partial charge in [0.25, 0.3) is 5.91 Å². The van der Waals surface area contributed by atoms with Crippen molar-refractivity contribution in [2.45, 2.75) is 6.18 Å². The first kappa shape index (κ1) is 29.5. The molecule has 0 atom stereocenters. The SMILES string of the molecule is Cn1nccc1-c1cc(NC(=O)c2ccc(F)cc2F)ccc1OCCN1CCOCC1.O=C(O)C(F)(F)F. The molecular weight excluding hydrogens is 531 g/mol. The number of halogens is 5. The normalized spacial score (nSPS) is 13.8. The van der Waals surface area contributed by atoms with Gasteiger partial charge in [-0.1, -0.05) is 0 Å². The number of amides is 1. The second-order valence-corrected chi connectivity index (χ2v) is 8.23. The molecule has 0 unspecified atom stereocenters. The van der Waals surface area contributed by atoms with Crippen LogP contribution in [0.1, 0.15) is 10.4 Å². The number of aryl methyl sites for hydroxylation is 1. The highest BCUT2D eigenvalue weighted by atomic mass is 19.4. The first-order valence-corrected chi connectivity index (χ1v) is 11.6. The maximum Gasteiger partial charge on any atom is 0.490 e. The number of rotatable bonds is 7. The maximum atomic E-state index is 14.0. The van der Waals surface area contributed by atoms with Crippen molar-refractivity contribution < 1.29 is 46.1 Å². The Labute approximate surface area is 219 Å². The number of anilines is 1. The number of hydrogen-bond acceptors (Lipinski definition) is 6. The molecule has 1 saturated heterocycles. The fraction of sp³-hybridized carbons (Fsp3) is 0.320. The molecule has 39 heavy (non-hydrogen) atoms. The fourth-order valence-electron chi connectivity index (χ4n) is 3.55. The zero-order valence-electron chi connectivity index (χ0n) is 20.7. The van der Waals surface area contributed by atoms with Gasteiger partial charge in [0.05, 0.1) is 24.5 Å². The van der Waals surface area contributed by atoms with E-state index in [-0.39, 0.29) is 5.56 Å². The fourth-order valence-corrected chi connectivity index (χ4v) is 3.55. The van der Waals surface area contributed by atoms with E-state index in [1.54, 1.807) is 29.1 Å². The van der Waals surface area contributed by atoms with Crippen LogP contribution in [0.25, 0.3) is 11.3 Å². The summed E-state index contributed by atoms with van der Waals surface area (Å²) in [5.74, 6) is -4.44. The highest BCUT2D eigenvalue weighted by molar-refractivity contribution is 6.04. The molecule has 0 bridgehead atoms. The summed E-state index contributed by atoms with van der Waals surface area (Å²) in [6, 6.07) is 9.88. The molecule has 2 N–H and O–H groups in total. The lowest BCUT2D eigenvalue weighted by molar-refractivity contribution is -0.192. The average molecular weight is 556 g/mol. The number of carboxylic acids is 1. The summed E-state index contributed by atoms with van der Waals surface area (Å²) in [6.07, 6.45) is -3.41. The Bertz CT molecular complexity index is 1290. The van der Waals surface area contributed by atoms with E-state index in [1.807, 2.05) is 13.1 Å². The second kappa shape index (κ2) is 13.2. The minimum atomic E-state index is -5.08. The van der Waals surface area contributed by atoms with Crippen LogP contribution in [0.2, 0.25) is 0 Å². The number of carbonyl (C=O) groups is 2. The van der Waals surface area contributed by atoms with E-state index in [2.05, 4.69) is 15.3 Å². The molecule has 1 aliphatic rings. The summed E-state index contributed by atoms with van der Waals surface area (Å²) >= 11 is 0. The molecule has 4 rings (SSSR count). The van der Waals surface area contributed by atoms with E-state index < -0.39 is 29.7 Å². The Morgan fingerprint density at radius 2 is 1.79 bits per heavy atom. The van der Waals surface area contributed by atoms with Gasteiger partial charge in [0.1, 0.15) is 24.0 Å². The Kier molecular flexibility index (Phi) is 9.95. The van der Waals surface area contributed by atoms with Gasteiger partial charge in [-0.05, 0) is 36.4 Å². The zero-order chi connectivity index (χ0) is 28.6. The lowest BCUT2D eigenvalue weighted by atomic mass is 10.1. The summed E-state index contributed by atoms with van der Waals surface area (Å²) in [6.45, 7) is 4.48. The largest absolute Gasteiger partial charge is 0.492 e. The highest BCUT2D eigenvalue weighted by Gasteiger charge is 2.38. The first-order valence-electron chi connectivity index (χ1n) is 11.6. The Hall–Kier alpha value is -4.04. The average Bonchev–Trinajstić information content (AvgIpc) is 3.30. The number of morpholine rings is 1. The number of benzene rings is 2. The van der Waals surface area contributed by atoms with Gasteiger partial charge in [0.2, 0.25) is 0 Å². The van der Waals surface area contributed by atoms with Crippen LogP contribution in [0, 0.1) is 11.6 Å². The molecule has 1 fully saturated rings.